The first-order chi connectivity index (χ1) is 32.6. The highest BCUT2D eigenvalue weighted by Gasteiger charge is 2.57. The van der Waals surface area contributed by atoms with E-state index >= 15 is 0 Å². The van der Waals surface area contributed by atoms with E-state index in [1.54, 1.807) is 55.4 Å². The van der Waals surface area contributed by atoms with E-state index < -0.39 is 172 Å². The van der Waals surface area contributed by atoms with Gasteiger partial charge in [0.05, 0.1) is 56.8 Å². The molecular weight excluding hydrogens is 1020 g/mol. The molecule has 1 unspecified atom stereocenters. The third-order valence-electron chi connectivity index (χ3n) is 9.32. The molecule has 0 heterocycles. The lowest BCUT2D eigenvalue weighted by Gasteiger charge is -2.21. The fraction of sp³-hybridized carbons (Fsp3) is 0.786. The van der Waals surface area contributed by atoms with Gasteiger partial charge >= 0.3 is 89.3 Å². The highest BCUT2D eigenvalue weighted by atomic mass is 19.3. The largest absolute Gasteiger partial charge is 0.465 e. The number of hydrogen-bond acceptors (Lipinski definition) is 18. The van der Waals surface area contributed by atoms with Crippen molar-refractivity contribution in [1.29, 1.82) is 0 Å². The Hall–Kier alpha value is -5.61. The Morgan fingerprint density at radius 3 is 0.806 bits per heavy atom. The van der Waals surface area contributed by atoms with Crippen molar-refractivity contribution in [1.82, 2.24) is 0 Å². The molecule has 0 aromatic heterocycles. The Balaban J connectivity index is -0.000000993. The van der Waals surface area contributed by atoms with Crippen molar-refractivity contribution in [3.05, 3.63) is 0 Å². The molecule has 0 spiro atoms. The molecule has 0 radical (unpaired) electrons. The van der Waals surface area contributed by atoms with Crippen LogP contribution in [0.4, 0.5) is 52.7 Å². The molecule has 0 aromatic rings. The molecule has 1 atom stereocenters. The zero-order valence-electron chi connectivity index (χ0n) is 41.2. The van der Waals surface area contributed by atoms with Crippen LogP contribution in [-0.4, -0.2) is 150 Å². The van der Waals surface area contributed by atoms with Crippen LogP contribution in [0.3, 0.4) is 0 Å². The first-order valence-electron chi connectivity index (χ1n) is 21.2. The van der Waals surface area contributed by atoms with Crippen molar-refractivity contribution < 1.29 is 138 Å². The van der Waals surface area contributed by atoms with Gasteiger partial charge in [-0.25, -0.2) is 28.8 Å². The molecule has 30 heteroatoms. The smallest absolute Gasteiger partial charge is 0.377 e. The Labute approximate surface area is 405 Å². The predicted molar refractivity (Wildman–Crippen MR) is 218 cm³/mol. The number of carbonyl (C=O) groups is 9. The molecule has 0 bridgehead atoms. The molecule has 72 heavy (non-hydrogen) atoms. The first kappa shape index (κ1) is 70.6. The van der Waals surface area contributed by atoms with Crippen molar-refractivity contribution in [3.8, 4) is 0 Å². The molecule has 18 nitrogen and oxygen atoms in total. The number of carbonyl (C=O) groups excluding carboxylic acids is 9. The molecule has 0 saturated carbocycles. The van der Waals surface area contributed by atoms with Gasteiger partial charge in [0.1, 0.15) is 39.6 Å². The summed E-state index contributed by atoms with van der Waals surface area (Å²) in [5, 5.41) is 0. The van der Waals surface area contributed by atoms with Crippen molar-refractivity contribution in [2.45, 2.75) is 136 Å². The molecular formula is C42H60F12O18. The fourth-order valence-electron chi connectivity index (χ4n) is 3.92. The van der Waals surface area contributed by atoms with Gasteiger partial charge in [0.15, 0.2) is 0 Å². The second-order valence-corrected chi connectivity index (χ2v) is 16.1. The van der Waals surface area contributed by atoms with Gasteiger partial charge in [-0.05, 0) is 53.9 Å². The normalized spacial score (nSPS) is 12.7. The maximum absolute atomic E-state index is 13.5. The molecule has 0 aromatic carbocycles. The molecule has 0 N–H and O–H groups in total. The molecule has 0 rings (SSSR count). The standard InChI is InChI=1S/C15H22F4O6.C14H20F4O6.C13H18F4O6/c1-5-13(3,4)10(20)24-7-8-25-12(22)15(18,19)9-14(16,17)11(21)23-6-2;1-5-12(2,3)9(19)23-6-7-24-11(21)14(17,18)8-13(15,16)10(20)22-4;1-4-8(2)9(18)22-5-6-23-11(20)13(16,17)7-12(14,15)10(19)21-3/h5-9H2,1-4H3;5-8H2,1-4H3;8H,4-7H2,1-3H3. The summed E-state index contributed by atoms with van der Waals surface area (Å²) in [5.41, 5.74) is -1.59. The average molecular weight is 1080 g/mol. The van der Waals surface area contributed by atoms with Crippen molar-refractivity contribution in [2.24, 2.45) is 16.7 Å². The van der Waals surface area contributed by atoms with Crippen LogP contribution in [0.1, 0.15) is 101 Å². The molecule has 0 amide bonds. The Morgan fingerprint density at radius 2 is 0.583 bits per heavy atom. The summed E-state index contributed by atoms with van der Waals surface area (Å²) in [6.45, 7) is 10.3. The van der Waals surface area contributed by atoms with Crippen LogP contribution in [-0.2, 0) is 85.8 Å². The van der Waals surface area contributed by atoms with Gasteiger partial charge in [-0.15, -0.1) is 0 Å². The Kier molecular flexibility index (Phi) is 29.9. The van der Waals surface area contributed by atoms with Gasteiger partial charge in [0, 0.05) is 0 Å². The quantitative estimate of drug-likeness (QED) is 0.0331. The van der Waals surface area contributed by atoms with Gasteiger partial charge in [-0.1, -0.05) is 27.7 Å². The first-order valence-corrected chi connectivity index (χ1v) is 21.2. The van der Waals surface area contributed by atoms with Gasteiger partial charge in [0.25, 0.3) is 0 Å². The number of methoxy groups -OCH3 is 2. The average Bonchev–Trinajstić information content (AvgIpc) is 3.28. The molecule has 0 aliphatic heterocycles. The van der Waals surface area contributed by atoms with Crippen LogP contribution in [0, 0.1) is 16.7 Å². The maximum Gasteiger partial charge on any atom is 0.377 e. The lowest BCUT2D eigenvalue weighted by Crippen LogP contribution is -2.42. The van der Waals surface area contributed by atoms with Crippen LogP contribution < -0.4 is 0 Å². The summed E-state index contributed by atoms with van der Waals surface area (Å²) < 4.78 is 197. The lowest BCUT2D eigenvalue weighted by atomic mass is 9.91. The maximum atomic E-state index is 13.5. The van der Waals surface area contributed by atoms with E-state index in [2.05, 4.69) is 33.2 Å². The van der Waals surface area contributed by atoms with Crippen molar-refractivity contribution in [3.63, 3.8) is 0 Å². The molecule has 0 aliphatic rings. The topological polar surface area (TPSA) is 237 Å². The molecule has 0 fully saturated rings. The third-order valence-corrected chi connectivity index (χ3v) is 9.32. The Morgan fingerprint density at radius 1 is 0.361 bits per heavy atom. The molecule has 420 valence electrons. The van der Waals surface area contributed by atoms with E-state index in [0.29, 0.717) is 33.5 Å². The zero-order chi connectivity index (χ0) is 57.3. The molecule has 0 aliphatic carbocycles. The monoisotopic (exact) mass is 1080 g/mol. The lowest BCUT2D eigenvalue weighted by molar-refractivity contribution is -0.197. The number of halogens is 12. The van der Waals surface area contributed by atoms with E-state index in [4.69, 9.17) is 9.47 Å². The predicted octanol–water partition coefficient (Wildman–Crippen LogP) is 7.03. The van der Waals surface area contributed by atoms with Crippen LogP contribution in [0.15, 0.2) is 0 Å². The van der Waals surface area contributed by atoms with E-state index in [9.17, 15) is 95.8 Å². The van der Waals surface area contributed by atoms with Gasteiger partial charge in [-0.3, -0.25) is 14.4 Å². The second-order valence-electron chi connectivity index (χ2n) is 16.1. The summed E-state index contributed by atoms with van der Waals surface area (Å²) in [6.07, 6.45) is -5.70. The fourth-order valence-corrected chi connectivity index (χ4v) is 3.92. The SMILES string of the molecule is CCC(C)(C)C(=O)OCCOC(=O)C(F)(F)CC(F)(F)C(=O)OC.CCC(C)C(=O)OCCOC(=O)C(F)(F)CC(F)(F)C(=O)OC.CCOC(=O)C(F)(F)CC(F)(F)C(=O)OCCOC(=O)C(C)(C)CC. The number of alkyl halides is 12. The van der Waals surface area contributed by atoms with Crippen molar-refractivity contribution >= 4 is 53.7 Å². The second kappa shape index (κ2) is 30.4. The summed E-state index contributed by atoms with van der Waals surface area (Å²) >= 11 is 0. The minimum atomic E-state index is -4.61. The third kappa shape index (κ3) is 25.7. The number of hydrogen-bond donors (Lipinski definition) is 0. The Bertz CT molecular complexity index is 1810. The van der Waals surface area contributed by atoms with Crippen LogP contribution in [0.25, 0.3) is 0 Å². The van der Waals surface area contributed by atoms with Gasteiger partial charge in [0.2, 0.25) is 0 Å². The van der Waals surface area contributed by atoms with E-state index in [-0.39, 0.29) is 0 Å². The number of ether oxygens (including phenoxy) is 9. The van der Waals surface area contributed by atoms with Crippen molar-refractivity contribution in [2.75, 3.05) is 60.5 Å². The van der Waals surface area contributed by atoms with E-state index in [1.807, 2.05) is 0 Å². The highest BCUT2D eigenvalue weighted by molar-refractivity contribution is 5.84. The summed E-state index contributed by atoms with van der Waals surface area (Å²) in [7, 11) is 1.19. The molecule has 0 saturated heterocycles. The van der Waals surface area contributed by atoms with Crippen LogP contribution >= 0.6 is 0 Å². The minimum Gasteiger partial charge on any atom is -0.465 e. The van der Waals surface area contributed by atoms with E-state index in [0.717, 1.165) is 0 Å². The zero-order valence-corrected chi connectivity index (χ0v) is 41.2. The van der Waals surface area contributed by atoms with Crippen LogP contribution in [0.2, 0.25) is 0 Å². The number of esters is 9. The summed E-state index contributed by atoms with van der Waals surface area (Å²) in [4.78, 5) is 100. The summed E-state index contributed by atoms with van der Waals surface area (Å²) in [5.74, 6) is -43.0. The highest BCUT2D eigenvalue weighted by Crippen LogP contribution is 2.35. The van der Waals surface area contributed by atoms with Crippen LogP contribution in [0.5, 0.6) is 0 Å². The van der Waals surface area contributed by atoms with Gasteiger partial charge < -0.3 is 42.6 Å². The van der Waals surface area contributed by atoms with E-state index in [1.165, 1.54) is 6.92 Å². The minimum absolute atomic E-state index is 0.411. The van der Waals surface area contributed by atoms with Gasteiger partial charge in [-0.2, -0.15) is 52.7 Å². The number of rotatable bonds is 28. The summed E-state index contributed by atoms with van der Waals surface area (Å²) in [6, 6.07) is 0.